The van der Waals surface area contributed by atoms with Crippen molar-refractivity contribution in [2.24, 2.45) is 0 Å². The zero-order valence-electron chi connectivity index (χ0n) is 13.9. The number of benzene rings is 1. The third-order valence-corrected chi connectivity index (χ3v) is 3.87. The van der Waals surface area contributed by atoms with Crippen molar-refractivity contribution >= 4 is 11.9 Å². The van der Waals surface area contributed by atoms with Crippen molar-refractivity contribution in [1.82, 2.24) is 4.90 Å². The van der Waals surface area contributed by atoms with Gasteiger partial charge in [0.2, 0.25) is 0 Å². The topological polar surface area (TPSA) is 86.1 Å². The van der Waals surface area contributed by atoms with Crippen LogP contribution in [0.5, 0.6) is 5.75 Å². The van der Waals surface area contributed by atoms with Crippen LogP contribution < -0.4 is 10.4 Å². The number of methoxy groups -OCH3 is 1. The molecule has 1 fully saturated rings. The molecule has 1 aliphatic heterocycles. The molecular formula is C18H17NO6. The van der Waals surface area contributed by atoms with Gasteiger partial charge in [0, 0.05) is 6.07 Å². The number of amides is 1. The number of esters is 1. The van der Waals surface area contributed by atoms with Crippen LogP contribution in [0.1, 0.15) is 26.5 Å². The number of hydrogen-bond donors (Lipinski definition) is 0. The summed E-state index contributed by atoms with van der Waals surface area (Å²) in [5.41, 5.74) is 0.0499. The van der Waals surface area contributed by atoms with Gasteiger partial charge in [0.1, 0.15) is 17.6 Å². The molecule has 7 heteroatoms. The van der Waals surface area contributed by atoms with E-state index in [0.717, 1.165) is 0 Å². The van der Waals surface area contributed by atoms with Crippen LogP contribution in [0.4, 0.5) is 0 Å². The van der Waals surface area contributed by atoms with Crippen molar-refractivity contribution in [1.29, 1.82) is 0 Å². The average molecular weight is 343 g/mol. The second-order valence-electron chi connectivity index (χ2n) is 5.71. The summed E-state index contributed by atoms with van der Waals surface area (Å²) in [5.74, 6) is 0.0657. The SMILES string of the molecule is COC(=O)c1ccccc1C(=O)N1CC(Oc2cc(C)oc(=O)c2)C1. The van der Waals surface area contributed by atoms with E-state index in [-0.39, 0.29) is 17.6 Å². The standard InChI is InChI=1S/C18H17NO6/c1-11-7-12(8-16(20)24-11)25-13-9-19(10-13)17(21)14-5-3-4-6-15(14)18(22)23-2/h3-8,13H,9-10H2,1-2H3. The molecule has 1 amide bonds. The lowest BCUT2D eigenvalue weighted by Crippen LogP contribution is -2.56. The number of hydrogen-bond acceptors (Lipinski definition) is 6. The molecule has 0 saturated carbocycles. The van der Waals surface area contributed by atoms with Gasteiger partial charge in [0.05, 0.1) is 37.4 Å². The normalized spacial score (nSPS) is 13.9. The number of carbonyl (C=O) groups excluding carboxylic acids is 2. The van der Waals surface area contributed by atoms with Gasteiger partial charge in [-0.05, 0) is 19.1 Å². The largest absolute Gasteiger partial charge is 0.486 e. The molecule has 1 saturated heterocycles. The molecule has 0 atom stereocenters. The van der Waals surface area contributed by atoms with Gasteiger partial charge in [0.15, 0.2) is 0 Å². The highest BCUT2D eigenvalue weighted by Crippen LogP contribution is 2.21. The fraction of sp³-hybridized carbons (Fsp3) is 0.278. The molecule has 1 aromatic heterocycles. The number of nitrogens with zero attached hydrogens (tertiary/aromatic N) is 1. The summed E-state index contributed by atoms with van der Waals surface area (Å²) in [5, 5.41) is 0. The van der Waals surface area contributed by atoms with E-state index in [1.807, 2.05) is 0 Å². The Labute approximate surface area is 143 Å². The molecule has 0 unspecified atom stereocenters. The Morgan fingerprint density at radius 3 is 2.48 bits per heavy atom. The number of likely N-dealkylation sites (tertiary alicyclic amines) is 1. The Morgan fingerprint density at radius 2 is 1.84 bits per heavy atom. The number of aryl methyl sites for hydroxylation is 1. The monoisotopic (exact) mass is 343 g/mol. The van der Waals surface area contributed by atoms with E-state index in [1.165, 1.54) is 13.2 Å². The maximum atomic E-state index is 12.6. The van der Waals surface area contributed by atoms with Gasteiger partial charge in [0.25, 0.3) is 5.91 Å². The molecule has 1 aliphatic rings. The molecule has 3 rings (SSSR count). The number of ether oxygens (including phenoxy) is 2. The van der Waals surface area contributed by atoms with Crippen LogP contribution in [0.3, 0.4) is 0 Å². The number of carbonyl (C=O) groups is 2. The number of rotatable bonds is 4. The minimum absolute atomic E-state index is 0.213. The Balaban J connectivity index is 1.66. The summed E-state index contributed by atoms with van der Waals surface area (Å²) < 4.78 is 15.3. The molecule has 130 valence electrons. The van der Waals surface area contributed by atoms with E-state index in [9.17, 15) is 14.4 Å². The molecule has 2 aromatic rings. The second kappa shape index (κ2) is 6.80. The van der Waals surface area contributed by atoms with Crippen molar-refractivity contribution < 1.29 is 23.5 Å². The van der Waals surface area contributed by atoms with Gasteiger partial charge in [-0.2, -0.15) is 0 Å². The van der Waals surface area contributed by atoms with Crippen molar-refractivity contribution in [3.05, 3.63) is 63.7 Å². The summed E-state index contributed by atoms with van der Waals surface area (Å²) >= 11 is 0. The highest BCUT2D eigenvalue weighted by atomic mass is 16.5. The molecule has 0 spiro atoms. The predicted octanol–water partition coefficient (Wildman–Crippen LogP) is 1.64. The van der Waals surface area contributed by atoms with Crippen LogP contribution in [-0.4, -0.2) is 43.1 Å². The van der Waals surface area contributed by atoms with Gasteiger partial charge in [-0.15, -0.1) is 0 Å². The maximum Gasteiger partial charge on any atom is 0.339 e. The summed E-state index contributed by atoms with van der Waals surface area (Å²) in [6, 6.07) is 9.41. The van der Waals surface area contributed by atoms with Crippen LogP contribution in [0.25, 0.3) is 0 Å². The van der Waals surface area contributed by atoms with E-state index in [4.69, 9.17) is 13.9 Å². The summed E-state index contributed by atoms with van der Waals surface area (Å²) in [6.45, 7) is 2.40. The van der Waals surface area contributed by atoms with Crippen LogP contribution in [0.2, 0.25) is 0 Å². The van der Waals surface area contributed by atoms with Crippen molar-refractivity contribution in [3.8, 4) is 5.75 Å². The zero-order chi connectivity index (χ0) is 18.0. The average Bonchev–Trinajstić information content (AvgIpc) is 2.55. The van der Waals surface area contributed by atoms with Crippen molar-refractivity contribution in [3.63, 3.8) is 0 Å². The van der Waals surface area contributed by atoms with Crippen LogP contribution in [0.15, 0.2) is 45.6 Å². The second-order valence-corrected chi connectivity index (χ2v) is 5.71. The highest BCUT2D eigenvalue weighted by molar-refractivity contribution is 6.05. The highest BCUT2D eigenvalue weighted by Gasteiger charge is 2.34. The van der Waals surface area contributed by atoms with E-state index in [1.54, 1.807) is 42.2 Å². The molecule has 25 heavy (non-hydrogen) atoms. The van der Waals surface area contributed by atoms with Gasteiger partial charge in [-0.3, -0.25) is 4.79 Å². The van der Waals surface area contributed by atoms with Crippen LogP contribution >= 0.6 is 0 Å². The third-order valence-electron chi connectivity index (χ3n) is 3.87. The fourth-order valence-corrected chi connectivity index (χ4v) is 2.64. The minimum Gasteiger partial charge on any atom is -0.486 e. The molecule has 0 aliphatic carbocycles. The first-order valence-electron chi connectivity index (χ1n) is 7.73. The molecule has 7 nitrogen and oxygen atoms in total. The van der Waals surface area contributed by atoms with Gasteiger partial charge in [-0.25, -0.2) is 9.59 Å². The Kier molecular flexibility index (Phi) is 4.56. The quantitative estimate of drug-likeness (QED) is 0.785. The first-order chi connectivity index (χ1) is 12.0. The Hall–Kier alpha value is -3.09. The first-order valence-corrected chi connectivity index (χ1v) is 7.73. The Bertz CT molecular complexity index is 866. The van der Waals surface area contributed by atoms with Crippen LogP contribution in [-0.2, 0) is 4.74 Å². The molecular weight excluding hydrogens is 326 g/mol. The first kappa shape index (κ1) is 16.8. The fourth-order valence-electron chi connectivity index (χ4n) is 2.64. The minimum atomic E-state index is -0.552. The van der Waals surface area contributed by atoms with E-state index < -0.39 is 11.6 Å². The predicted molar refractivity (Wildman–Crippen MR) is 87.8 cm³/mol. The van der Waals surface area contributed by atoms with Gasteiger partial charge < -0.3 is 18.8 Å². The third kappa shape index (κ3) is 3.55. The van der Waals surface area contributed by atoms with Crippen molar-refractivity contribution in [2.45, 2.75) is 13.0 Å². The summed E-state index contributed by atoms with van der Waals surface area (Å²) in [4.78, 5) is 37.3. The molecule has 0 radical (unpaired) electrons. The van der Waals surface area contributed by atoms with E-state index in [0.29, 0.717) is 30.2 Å². The molecule has 2 heterocycles. The zero-order valence-corrected chi connectivity index (χ0v) is 13.9. The van der Waals surface area contributed by atoms with E-state index in [2.05, 4.69) is 0 Å². The van der Waals surface area contributed by atoms with E-state index >= 15 is 0 Å². The van der Waals surface area contributed by atoms with Crippen molar-refractivity contribution in [2.75, 3.05) is 20.2 Å². The summed E-state index contributed by atoms with van der Waals surface area (Å²) in [6.07, 6.45) is -0.213. The lowest BCUT2D eigenvalue weighted by molar-refractivity contribution is 0.0172. The van der Waals surface area contributed by atoms with Crippen LogP contribution in [0, 0.1) is 6.92 Å². The van der Waals surface area contributed by atoms with Gasteiger partial charge >= 0.3 is 11.6 Å². The van der Waals surface area contributed by atoms with Gasteiger partial charge in [-0.1, -0.05) is 12.1 Å². The lowest BCUT2D eigenvalue weighted by Gasteiger charge is -2.39. The Morgan fingerprint density at radius 1 is 1.16 bits per heavy atom. The maximum absolute atomic E-state index is 12.6. The lowest BCUT2D eigenvalue weighted by atomic mass is 10.0. The molecule has 0 bridgehead atoms. The molecule has 1 aromatic carbocycles. The molecule has 0 N–H and O–H groups in total. The smallest absolute Gasteiger partial charge is 0.339 e. The summed E-state index contributed by atoms with van der Waals surface area (Å²) in [7, 11) is 1.27.